The van der Waals surface area contributed by atoms with Crippen molar-refractivity contribution in [2.24, 2.45) is 5.73 Å². The van der Waals surface area contributed by atoms with Crippen LogP contribution in [0.1, 0.15) is 33.6 Å². The lowest BCUT2D eigenvalue weighted by atomic mass is 9.97. The van der Waals surface area contributed by atoms with Gasteiger partial charge in [0.05, 0.1) is 12.3 Å². The lowest BCUT2D eigenvalue weighted by Gasteiger charge is -2.28. The van der Waals surface area contributed by atoms with Crippen molar-refractivity contribution in [3.8, 4) is 16.9 Å². The van der Waals surface area contributed by atoms with Crippen molar-refractivity contribution < 1.29 is 27.9 Å². The number of guanidine groups is 1. The van der Waals surface area contributed by atoms with Gasteiger partial charge < -0.3 is 31.5 Å². The van der Waals surface area contributed by atoms with Crippen LogP contribution in [0, 0.1) is 5.41 Å². The summed E-state index contributed by atoms with van der Waals surface area (Å²) in [4.78, 5) is 27.3. The first-order valence-electron chi connectivity index (χ1n) is 14.7. The number of piperazine rings is 1. The SMILES string of the molecule is N=C(N)NCCC[C@H](NC(=O)c1sccc1NS(=O)(=O)c1cc(-c2ccccc2CN2CCNCC2)cc2c1OCC2)C(=O)O. The van der Waals surface area contributed by atoms with E-state index in [1.165, 1.54) is 6.07 Å². The molecule has 15 heteroatoms. The van der Waals surface area contributed by atoms with Crippen LogP contribution >= 0.6 is 11.3 Å². The number of fused-ring (bicyclic) bond motifs is 1. The molecule has 2 aliphatic heterocycles. The molecule has 0 aliphatic carbocycles. The lowest BCUT2D eigenvalue weighted by Crippen LogP contribution is -2.42. The van der Waals surface area contributed by atoms with Crippen molar-refractivity contribution >= 4 is 44.9 Å². The molecule has 13 nitrogen and oxygen atoms in total. The summed E-state index contributed by atoms with van der Waals surface area (Å²) in [6.45, 7) is 5.06. The van der Waals surface area contributed by atoms with E-state index in [-0.39, 0.29) is 40.1 Å². The van der Waals surface area contributed by atoms with Crippen LogP contribution in [-0.4, -0.2) is 81.6 Å². The number of carbonyl (C=O) groups is 2. The zero-order valence-electron chi connectivity index (χ0n) is 24.6. The van der Waals surface area contributed by atoms with E-state index in [0.717, 1.165) is 66.3 Å². The average molecular weight is 656 g/mol. The monoisotopic (exact) mass is 655 g/mol. The minimum Gasteiger partial charge on any atom is -0.492 e. The van der Waals surface area contributed by atoms with Gasteiger partial charge in [0.25, 0.3) is 15.9 Å². The van der Waals surface area contributed by atoms with Crippen LogP contribution in [0.4, 0.5) is 5.69 Å². The normalized spacial score (nSPS) is 15.5. The molecule has 1 amide bonds. The van der Waals surface area contributed by atoms with Gasteiger partial charge in [0.1, 0.15) is 21.6 Å². The highest BCUT2D eigenvalue weighted by atomic mass is 32.2. The van der Waals surface area contributed by atoms with Crippen LogP contribution in [0.15, 0.2) is 52.7 Å². The second kappa shape index (κ2) is 14.3. The van der Waals surface area contributed by atoms with Crippen molar-refractivity contribution in [1.29, 1.82) is 5.41 Å². The Morgan fingerprint density at radius 1 is 1.18 bits per heavy atom. The molecular weight excluding hydrogens is 619 g/mol. The number of rotatable bonds is 13. The second-order valence-corrected chi connectivity index (χ2v) is 13.4. The highest BCUT2D eigenvalue weighted by Gasteiger charge is 2.30. The van der Waals surface area contributed by atoms with E-state index in [4.69, 9.17) is 15.9 Å². The number of carboxylic acids is 1. The molecule has 1 aromatic heterocycles. The molecule has 2 aliphatic rings. The van der Waals surface area contributed by atoms with Gasteiger partial charge in [0.2, 0.25) is 0 Å². The topological polar surface area (TPSA) is 199 Å². The first-order chi connectivity index (χ1) is 21.6. The molecule has 3 aromatic rings. The molecule has 0 saturated carbocycles. The van der Waals surface area contributed by atoms with Crippen LogP contribution in [0.3, 0.4) is 0 Å². The fourth-order valence-electron chi connectivity index (χ4n) is 5.45. The molecule has 1 atom stereocenters. The number of ether oxygens (including phenoxy) is 1. The summed E-state index contributed by atoms with van der Waals surface area (Å²) < 4.78 is 36.2. The highest BCUT2D eigenvalue weighted by Crippen LogP contribution is 2.39. The number of amides is 1. The molecule has 0 unspecified atom stereocenters. The van der Waals surface area contributed by atoms with Gasteiger partial charge in [-0.15, -0.1) is 11.3 Å². The van der Waals surface area contributed by atoms with E-state index in [0.29, 0.717) is 19.4 Å². The standard InChI is InChI=1S/C30H37N7O6S2/c31-30(32)34-9-3-6-24(29(39)40)35-28(38)27-23(8-15-44-27)36-45(41,42)25-17-21(16-19-7-14-43-26(19)25)22-5-2-1-4-20(22)18-37-12-10-33-11-13-37/h1-2,4-5,8,15-17,24,33,36H,3,6-7,9-14,18H2,(H,35,38)(H,39,40)(H4,31,32,34)/t24-/m0/s1. The molecule has 0 radical (unpaired) electrons. The van der Waals surface area contributed by atoms with Gasteiger partial charge in [0, 0.05) is 45.7 Å². The van der Waals surface area contributed by atoms with E-state index in [1.54, 1.807) is 11.4 Å². The van der Waals surface area contributed by atoms with Crippen LogP contribution in [0.25, 0.3) is 11.1 Å². The molecule has 5 rings (SSSR count). The molecule has 2 aromatic carbocycles. The Hall–Kier alpha value is -4.18. The van der Waals surface area contributed by atoms with Crippen molar-refractivity contribution in [3.63, 3.8) is 0 Å². The van der Waals surface area contributed by atoms with Crippen molar-refractivity contribution in [1.82, 2.24) is 20.9 Å². The third-order valence-corrected chi connectivity index (χ3v) is 9.96. The molecule has 1 saturated heterocycles. The Balaban J connectivity index is 1.38. The van der Waals surface area contributed by atoms with E-state index < -0.39 is 27.9 Å². The van der Waals surface area contributed by atoms with Crippen LogP contribution in [0.5, 0.6) is 5.75 Å². The van der Waals surface area contributed by atoms with E-state index >= 15 is 0 Å². The van der Waals surface area contributed by atoms with Crippen LogP contribution < -0.4 is 31.1 Å². The summed E-state index contributed by atoms with van der Waals surface area (Å²) in [5.41, 5.74) is 8.87. The maximum atomic E-state index is 13.9. The maximum absolute atomic E-state index is 13.9. The van der Waals surface area contributed by atoms with Gasteiger partial charge in [-0.05, 0) is 58.7 Å². The summed E-state index contributed by atoms with van der Waals surface area (Å²) in [5, 5.41) is 26.8. The molecule has 0 bridgehead atoms. The lowest BCUT2D eigenvalue weighted by molar-refractivity contribution is -0.139. The smallest absolute Gasteiger partial charge is 0.326 e. The Morgan fingerprint density at radius 3 is 2.71 bits per heavy atom. The Labute approximate surface area is 265 Å². The Bertz CT molecular complexity index is 1670. The summed E-state index contributed by atoms with van der Waals surface area (Å²) >= 11 is 0.994. The van der Waals surface area contributed by atoms with E-state index in [2.05, 4.69) is 31.6 Å². The zero-order chi connectivity index (χ0) is 32.0. The first kappa shape index (κ1) is 32.2. The number of thiophene rings is 1. The summed E-state index contributed by atoms with van der Waals surface area (Å²) in [6.07, 6.45) is 0.983. The molecular formula is C30H37N7O6S2. The number of nitrogens with zero attached hydrogens (tertiary/aromatic N) is 1. The van der Waals surface area contributed by atoms with Crippen LogP contribution in [-0.2, 0) is 27.8 Å². The molecule has 0 spiro atoms. The second-order valence-electron chi connectivity index (χ2n) is 10.9. The molecule has 8 N–H and O–H groups in total. The number of anilines is 1. The Kier molecular flexibility index (Phi) is 10.2. The predicted octanol–water partition coefficient (Wildman–Crippen LogP) is 2.00. The molecule has 3 heterocycles. The largest absolute Gasteiger partial charge is 0.492 e. The summed E-state index contributed by atoms with van der Waals surface area (Å²) in [5.74, 6) is -1.89. The number of carboxylic acid groups (broad SMARTS) is 1. The van der Waals surface area contributed by atoms with Crippen molar-refractivity contribution in [2.45, 2.75) is 36.7 Å². The fourth-order valence-corrected chi connectivity index (χ4v) is 7.56. The minimum atomic E-state index is -4.23. The number of nitrogens with two attached hydrogens (primary N) is 1. The summed E-state index contributed by atoms with van der Waals surface area (Å²) in [7, 11) is -4.23. The Morgan fingerprint density at radius 2 is 1.96 bits per heavy atom. The molecule has 240 valence electrons. The van der Waals surface area contributed by atoms with Gasteiger partial charge in [-0.3, -0.25) is 19.8 Å². The predicted molar refractivity (Wildman–Crippen MR) is 172 cm³/mol. The van der Waals surface area contributed by atoms with Gasteiger partial charge in [0.15, 0.2) is 5.96 Å². The van der Waals surface area contributed by atoms with Gasteiger partial charge in [-0.25, -0.2) is 13.2 Å². The molecule has 1 fully saturated rings. The number of carbonyl (C=O) groups excluding carboxylic acids is 1. The quantitative estimate of drug-likeness (QED) is 0.0812. The average Bonchev–Trinajstić information content (AvgIpc) is 3.68. The maximum Gasteiger partial charge on any atom is 0.326 e. The first-order valence-corrected chi connectivity index (χ1v) is 17.0. The van der Waals surface area contributed by atoms with Gasteiger partial charge in [-0.2, -0.15) is 0 Å². The number of nitrogens with one attached hydrogen (secondary N) is 5. The number of aliphatic carboxylic acids is 1. The van der Waals surface area contributed by atoms with Crippen molar-refractivity contribution in [2.75, 3.05) is 44.1 Å². The number of hydrogen-bond acceptors (Lipinski definition) is 9. The van der Waals surface area contributed by atoms with Gasteiger partial charge >= 0.3 is 5.97 Å². The third-order valence-electron chi connectivity index (χ3n) is 7.68. The van der Waals surface area contributed by atoms with Crippen molar-refractivity contribution in [3.05, 3.63) is 63.8 Å². The molecule has 45 heavy (non-hydrogen) atoms. The van der Waals surface area contributed by atoms with Crippen LogP contribution in [0.2, 0.25) is 0 Å². The highest BCUT2D eigenvalue weighted by molar-refractivity contribution is 7.92. The number of hydrogen-bond donors (Lipinski definition) is 7. The summed E-state index contributed by atoms with van der Waals surface area (Å²) in [6, 6.07) is 11.8. The minimum absolute atomic E-state index is 0.0246. The fraction of sp³-hybridized carbons (Fsp3) is 0.367. The van der Waals surface area contributed by atoms with E-state index in [1.807, 2.05) is 24.3 Å². The number of sulfonamides is 1. The van der Waals surface area contributed by atoms with Gasteiger partial charge in [-0.1, -0.05) is 24.3 Å². The third kappa shape index (κ3) is 7.92. The number of benzene rings is 2. The zero-order valence-corrected chi connectivity index (χ0v) is 26.2. The van der Waals surface area contributed by atoms with E-state index in [9.17, 15) is 23.1 Å².